The summed E-state index contributed by atoms with van der Waals surface area (Å²) in [5.41, 5.74) is 1.84. The molecule has 0 saturated heterocycles. The molecule has 28 heavy (non-hydrogen) atoms. The van der Waals surface area contributed by atoms with Crippen LogP contribution in [0, 0.1) is 0 Å². The van der Waals surface area contributed by atoms with Crippen molar-refractivity contribution in [3.63, 3.8) is 0 Å². The summed E-state index contributed by atoms with van der Waals surface area (Å²) in [7, 11) is 1.60. The molecule has 0 aliphatic rings. The van der Waals surface area contributed by atoms with Crippen molar-refractivity contribution in [2.75, 3.05) is 18.2 Å². The molecule has 6 heteroatoms. The van der Waals surface area contributed by atoms with E-state index in [9.17, 15) is 9.59 Å². The van der Waals surface area contributed by atoms with E-state index < -0.39 is 12.1 Å². The first-order chi connectivity index (χ1) is 13.4. The zero-order valence-electron chi connectivity index (χ0n) is 16.7. The molecule has 1 amide bonds. The van der Waals surface area contributed by atoms with Gasteiger partial charge < -0.3 is 14.8 Å². The first-order valence-electron chi connectivity index (χ1n) is 9.30. The Balaban J connectivity index is 1.87. The number of carbonyl (C=O) groups excluding carboxylic acids is 2. The summed E-state index contributed by atoms with van der Waals surface area (Å²) >= 11 is 1.35. The van der Waals surface area contributed by atoms with Crippen LogP contribution >= 0.6 is 11.8 Å². The number of benzene rings is 2. The second-order valence-electron chi connectivity index (χ2n) is 6.48. The maximum Gasteiger partial charge on any atom is 0.317 e. The summed E-state index contributed by atoms with van der Waals surface area (Å²) in [6.45, 7) is 5.80. The maximum atomic E-state index is 12.4. The van der Waals surface area contributed by atoms with E-state index >= 15 is 0 Å². The number of hydrogen-bond donors (Lipinski definition) is 1. The first kappa shape index (κ1) is 21.8. The van der Waals surface area contributed by atoms with Crippen LogP contribution in [0.25, 0.3) is 0 Å². The predicted molar refractivity (Wildman–Crippen MR) is 113 cm³/mol. The highest BCUT2D eigenvalue weighted by molar-refractivity contribution is 8.00. The van der Waals surface area contributed by atoms with Crippen LogP contribution in [0.5, 0.6) is 5.75 Å². The van der Waals surface area contributed by atoms with Gasteiger partial charge in [0.25, 0.3) is 5.91 Å². The van der Waals surface area contributed by atoms with Gasteiger partial charge in [0, 0.05) is 10.6 Å². The Morgan fingerprint density at radius 1 is 1.07 bits per heavy atom. The Hall–Kier alpha value is -2.47. The Morgan fingerprint density at radius 3 is 2.39 bits per heavy atom. The van der Waals surface area contributed by atoms with Crippen molar-refractivity contribution in [1.29, 1.82) is 0 Å². The maximum absolute atomic E-state index is 12.4. The zero-order chi connectivity index (χ0) is 20.5. The molecule has 0 saturated carbocycles. The Kier molecular flexibility index (Phi) is 8.39. The lowest BCUT2D eigenvalue weighted by Gasteiger charge is -2.18. The van der Waals surface area contributed by atoms with E-state index in [1.165, 1.54) is 11.8 Å². The molecular weight excluding hydrogens is 374 g/mol. The summed E-state index contributed by atoms with van der Waals surface area (Å²) in [6, 6.07) is 15.1. The smallest absolute Gasteiger partial charge is 0.317 e. The second-order valence-corrected chi connectivity index (χ2v) is 7.53. The van der Waals surface area contributed by atoms with Crippen molar-refractivity contribution in [2.24, 2.45) is 0 Å². The molecule has 0 bridgehead atoms. The number of para-hydroxylation sites is 1. The molecule has 0 spiro atoms. The molecule has 0 aromatic heterocycles. The average Bonchev–Trinajstić information content (AvgIpc) is 2.72. The number of nitrogens with one attached hydrogen (secondary N) is 1. The van der Waals surface area contributed by atoms with E-state index in [-0.39, 0.29) is 11.7 Å². The van der Waals surface area contributed by atoms with E-state index in [2.05, 4.69) is 19.2 Å². The number of esters is 1. The van der Waals surface area contributed by atoms with Gasteiger partial charge in [-0.05, 0) is 55.2 Å². The lowest BCUT2D eigenvalue weighted by molar-refractivity contribution is -0.150. The highest BCUT2D eigenvalue weighted by atomic mass is 32.2. The Labute approximate surface area is 170 Å². The fourth-order valence-electron chi connectivity index (χ4n) is 2.59. The summed E-state index contributed by atoms with van der Waals surface area (Å²) in [6.07, 6.45) is 0.106. The van der Waals surface area contributed by atoms with Crippen LogP contribution in [-0.2, 0) is 14.3 Å². The highest BCUT2D eigenvalue weighted by Crippen LogP contribution is 2.27. The molecule has 5 nitrogen and oxygen atoms in total. The minimum absolute atomic E-state index is 0.132. The third-order valence-electron chi connectivity index (χ3n) is 4.46. The predicted octanol–water partition coefficient (Wildman–Crippen LogP) is 4.87. The van der Waals surface area contributed by atoms with Gasteiger partial charge >= 0.3 is 5.97 Å². The molecule has 2 rings (SSSR count). The van der Waals surface area contributed by atoms with Crippen LogP contribution in [0.15, 0.2) is 53.4 Å². The molecule has 2 atom stereocenters. The summed E-state index contributed by atoms with van der Waals surface area (Å²) in [5, 5.41) is 2.88. The fraction of sp³-hybridized carbons (Fsp3) is 0.364. The highest BCUT2D eigenvalue weighted by Gasteiger charge is 2.19. The number of rotatable bonds is 9. The number of ether oxygens (including phenoxy) is 2. The van der Waals surface area contributed by atoms with Crippen LogP contribution in [0.4, 0.5) is 5.69 Å². The molecule has 0 aliphatic heterocycles. The number of anilines is 1. The van der Waals surface area contributed by atoms with Crippen LogP contribution in [0.1, 0.15) is 38.7 Å². The summed E-state index contributed by atoms with van der Waals surface area (Å²) in [5.74, 6) is 0.454. The van der Waals surface area contributed by atoms with Gasteiger partial charge in [-0.2, -0.15) is 0 Å². The molecule has 2 aromatic rings. The van der Waals surface area contributed by atoms with Crippen molar-refractivity contribution in [1.82, 2.24) is 0 Å². The van der Waals surface area contributed by atoms with Gasteiger partial charge in [-0.3, -0.25) is 9.59 Å². The molecule has 0 unspecified atom stereocenters. The van der Waals surface area contributed by atoms with Gasteiger partial charge in [0.15, 0.2) is 6.10 Å². The Morgan fingerprint density at radius 2 is 1.75 bits per heavy atom. The van der Waals surface area contributed by atoms with Crippen molar-refractivity contribution in [2.45, 2.75) is 44.1 Å². The lowest BCUT2D eigenvalue weighted by atomic mass is 9.97. The summed E-state index contributed by atoms with van der Waals surface area (Å²) in [4.78, 5) is 25.5. The van der Waals surface area contributed by atoms with Crippen molar-refractivity contribution >= 4 is 29.3 Å². The van der Waals surface area contributed by atoms with E-state index in [0.29, 0.717) is 5.92 Å². The molecule has 1 N–H and O–H groups in total. The molecular formula is C22H27NO4S. The largest absolute Gasteiger partial charge is 0.497 e. The molecule has 0 aliphatic carbocycles. The zero-order valence-corrected chi connectivity index (χ0v) is 17.5. The van der Waals surface area contributed by atoms with Gasteiger partial charge in [0.2, 0.25) is 0 Å². The summed E-state index contributed by atoms with van der Waals surface area (Å²) < 4.78 is 10.4. The van der Waals surface area contributed by atoms with Gasteiger partial charge in [0.05, 0.1) is 12.9 Å². The first-order valence-corrected chi connectivity index (χ1v) is 10.3. The minimum Gasteiger partial charge on any atom is -0.497 e. The number of carbonyl (C=O) groups is 2. The van der Waals surface area contributed by atoms with Crippen LogP contribution < -0.4 is 10.1 Å². The second kappa shape index (κ2) is 10.8. The average molecular weight is 402 g/mol. The molecule has 0 fully saturated rings. The third-order valence-corrected chi connectivity index (χ3v) is 5.44. The van der Waals surface area contributed by atoms with Crippen molar-refractivity contribution in [3.8, 4) is 5.75 Å². The molecule has 2 aromatic carbocycles. The van der Waals surface area contributed by atoms with E-state index in [4.69, 9.17) is 9.47 Å². The SMILES string of the molecule is CC[C@H](C)c1ccccc1NC(=O)[C@H](C)OC(=O)CSc1ccc(OC)cc1. The number of hydrogen-bond acceptors (Lipinski definition) is 5. The topological polar surface area (TPSA) is 64.6 Å². The van der Waals surface area contributed by atoms with Crippen molar-refractivity contribution in [3.05, 3.63) is 54.1 Å². The third kappa shape index (κ3) is 6.30. The standard InChI is InChI=1S/C22H27NO4S/c1-5-15(2)19-8-6-7-9-20(19)23-22(25)16(3)27-21(24)14-28-18-12-10-17(26-4)11-13-18/h6-13,15-16H,5,14H2,1-4H3,(H,23,25)/t15-,16-/m0/s1. The number of thioether (sulfide) groups is 1. The fourth-order valence-corrected chi connectivity index (χ4v) is 3.27. The van der Waals surface area contributed by atoms with Crippen LogP contribution in [0.3, 0.4) is 0 Å². The van der Waals surface area contributed by atoms with Crippen molar-refractivity contribution < 1.29 is 19.1 Å². The normalized spacial score (nSPS) is 12.7. The van der Waals surface area contributed by atoms with Crippen LogP contribution in [-0.4, -0.2) is 30.8 Å². The van der Waals surface area contributed by atoms with Crippen LogP contribution in [0.2, 0.25) is 0 Å². The number of amides is 1. The monoisotopic (exact) mass is 401 g/mol. The van der Waals surface area contributed by atoms with E-state index in [1.807, 2.05) is 48.5 Å². The van der Waals surface area contributed by atoms with Gasteiger partial charge in [0.1, 0.15) is 5.75 Å². The lowest BCUT2D eigenvalue weighted by Crippen LogP contribution is -2.31. The molecule has 0 heterocycles. The quantitative estimate of drug-likeness (QED) is 0.480. The molecule has 150 valence electrons. The van der Waals surface area contributed by atoms with E-state index in [1.54, 1.807) is 14.0 Å². The van der Waals surface area contributed by atoms with Gasteiger partial charge in [-0.15, -0.1) is 11.8 Å². The Bertz CT molecular complexity index is 791. The van der Waals surface area contributed by atoms with E-state index in [0.717, 1.165) is 28.3 Å². The molecule has 0 radical (unpaired) electrons. The number of methoxy groups -OCH3 is 1. The van der Waals surface area contributed by atoms with Gasteiger partial charge in [-0.1, -0.05) is 32.0 Å². The van der Waals surface area contributed by atoms with Gasteiger partial charge in [-0.25, -0.2) is 0 Å². The minimum atomic E-state index is -0.867.